The van der Waals surface area contributed by atoms with Gasteiger partial charge in [-0.05, 0) is 38.5 Å². The first-order valence-electron chi connectivity index (χ1n) is 9.04. The molecule has 1 aliphatic carbocycles. The highest BCUT2D eigenvalue weighted by atomic mass is 35.5. The molecule has 3 rings (SSSR count). The fourth-order valence-corrected chi connectivity index (χ4v) is 3.88. The summed E-state index contributed by atoms with van der Waals surface area (Å²) < 4.78 is 0. The number of anilines is 2. The molecule has 1 amide bonds. The molecule has 1 aromatic heterocycles. The van der Waals surface area contributed by atoms with Crippen LogP contribution in [-0.4, -0.2) is 52.0 Å². The molecule has 1 atom stereocenters. The SMILES string of the molecule is N#C[C@@H]1CCCN1C(=O)CNC1CCC(Nc2cc(Cl)nc(N)n2)CC1. The summed E-state index contributed by atoms with van der Waals surface area (Å²) in [6.07, 6.45) is 5.59. The van der Waals surface area contributed by atoms with Gasteiger partial charge in [0.05, 0.1) is 12.6 Å². The Morgan fingerprint density at radius 1 is 1.31 bits per heavy atom. The highest BCUT2D eigenvalue weighted by Gasteiger charge is 2.29. The van der Waals surface area contributed by atoms with Gasteiger partial charge in [0.25, 0.3) is 0 Å². The van der Waals surface area contributed by atoms with E-state index in [2.05, 4.69) is 26.7 Å². The van der Waals surface area contributed by atoms with Gasteiger partial charge in [0.15, 0.2) is 0 Å². The lowest BCUT2D eigenvalue weighted by Gasteiger charge is -2.30. The molecule has 1 aromatic rings. The summed E-state index contributed by atoms with van der Waals surface area (Å²) in [6, 6.07) is 4.25. The fraction of sp³-hybridized carbons (Fsp3) is 0.647. The number of carbonyl (C=O) groups excluding carboxylic acids is 1. The van der Waals surface area contributed by atoms with Gasteiger partial charge < -0.3 is 21.3 Å². The minimum Gasteiger partial charge on any atom is -0.368 e. The molecule has 8 nitrogen and oxygen atoms in total. The highest BCUT2D eigenvalue weighted by Crippen LogP contribution is 2.23. The monoisotopic (exact) mass is 377 g/mol. The van der Waals surface area contributed by atoms with Crippen molar-refractivity contribution < 1.29 is 4.79 Å². The maximum atomic E-state index is 12.3. The van der Waals surface area contributed by atoms with E-state index in [9.17, 15) is 4.79 Å². The van der Waals surface area contributed by atoms with Crippen LogP contribution in [0.2, 0.25) is 5.15 Å². The van der Waals surface area contributed by atoms with E-state index in [1.807, 2.05) is 0 Å². The van der Waals surface area contributed by atoms with E-state index in [1.54, 1.807) is 11.0 Å². The van der Waals surface area contributed by atoms with E-state index in [-0.39, 0.29) is 17.9 Å². The van der Waals surface area contributed by atoms with Crippen molar-refractivity contribution in [2.24, 2.45) is 0 Å². The molecule has 0 aromatic carbocycles. The van der Waals surface area contributed by atoms with Gasteiger partial charge in [0.2, 0.25) is 11.9 Å². The molecule has 4 N–H and O–H groups in total. The Labute approximate surface area is 158 Å². The van der Waals surface area contributed by atoms with Crippen LogP contribution < -0.4 is 16.4 Å². The largest absolute Gasteiger partial charge is 0.368 e. The van der Waals surface area contributed by atoms with E-state index in [0.29, 0.717) is 36.1 Å². The third-order valence-corrected chi connectivity index (χ3v) is 5.25. The maximum Gasteiger partial charge on any atom is 0.237 e. The van der Waals surface area contributed by atoms with Gasteiger partial charge in [-0.25, -0.2) is 4.98 Å². The first kappa shape index (κ1) is 18.7. The number of likely N-dealkylation sites (tertiary alicyclic amines) is 1. The van der Waals surface area contributed by atoms with Crippen molar-refractivity contribution in [2.75, 3.05) is 24.1 Å². The van der Waals surface area contributed by atoms with Crippen molar-refractivity contribution in [3.63, 3.8) is 0 Å². The summed E-state index contributed by atoms with van der Waals surface area (Å²) >= 11 is 5.90. The van der Waals surface area contributed by atoms with E-state index >= 15 is 0 Å². The second kappa shape index (κ2) is 8.52. The average molecular weight is 378 g/mol. The van der Waals surface area contributed by atoms with E-state index in [0.717, 1.165) is 38.5 Å². The Morgan fingerprint density at radius 2 is 2.04 bits per heavy atom. The van der Waals surface area contributed by atoms with Crippen LogP contribution in [0, 0.1) is 11.3 Å². The summed E-state index contributed by atoms with van der Waals surface area (Å²) in [4.78, 5) is 22.0. The van der Waals surface area contributed by atoms with Gasteiger partial charge in [0.1, 0.15) is 17.0 Å². The summed E-state index contributed by atoms with van der Waals surface area (Å²) in [5, 5.41) is 16.1. The molecule has 26 heavy (non-hydrogen) atoms. The number of nitriles is 1. The van der Waals surface area contributed by atoms with E-state index in [1.165, 1.54) is 0 Å². The van der Waals surface area contributed by atoms with Crippen molar-refractivity contribution in [3.05, 3.63) is 11.2 Å². The fourth-order valence-electron chi connectivity index (χ4n) is 3.69. The molecule has 0 unspecified atom stereocenters. The normalized spacial score (nSPS) is 25.7. The van der Waals surface area contributed by atoms with Crippen LogP contribution in [0.25, 0.3) is 0 Å². The predicted molar refractivity (Wildman–Crippen MR) is 99.5 cm³/mol. The van der Waals surface area contributed by atoms with Crippen molar-refractivity contribution in [3.8, 4) is 6.07 Å². The lowest BCUT2D eigenvalue weighted by atomic mass is 9.91. The van der Waals surface area contributed by atoms with Crippen LogP contribution in [0.4, 0.5) is 11.8 Å². The van der Waals surface area contributed by atoms with Crippen LogP contribution in [-0.2, 0) is 4.79 Å². The summed E-state index contributed by atoms with van der Waals surface area (Å²) in [7, 11) is 0. The second-order valence-electron chi connectivity index (χ2n) is 6.88. The number of hydrogen-bond acceptors (Lipinski definition) is 7. The standard InChI is InChI=1S/C17H24ClN7O/c18-14-8-15(24-17(20)23-14)22-12-5-3-11(4-6-12)21-10-16(26)25-7-1-2-13(25)9-19/h8,11-13,21H,1-7,10H2,(H3,20,22,23,24)/t11?,12?,13-/m0/s1. The van der Waals surface area contributed by atoms with Crippen LogP contribution in [0.3, 0.4) is 0 Å². The Bertz CT molecular complexity index is 664. The summed E-state index contributed by atoms with van der Waals surface area (Å²) in [6.45, 7) is 0.999. The molecular weight excluding hydrogens is 354 g/mol. The molecule has 2 fully saturated rings. The minimum atomic E-state index is -0.253. The van der Waals surface area contributed by atoms with Crippen molar-refractivity contribution in [1.29, 1.82) is 5.26 Å². The number of amides is 1. The first-order chi connectivity index (χ1) is 12.5. The number of halogens is 1. The number of rotatable bonds is 5. The van der Waals surface area contributed by atoms with Crippen LogP contribution in [0.1, 0.15) is 38.5 Å². The molecule has 1 saturated heterocycles. The lowest BCUT2D eigenvalue weighted by Crippen LogP contribution is -2.45. The Balaban J connectivity index is 1.41. The second-order valence-corrected chi connectivity index (χ2v) is 7.27. The van der Waals surface area contributed by atoms with Crippen LogP contribution >= 0.6 is 11.6 Å². The predicted octanol–water partition coefficient (Wildman–Crippen LogP) is 1.54. The van der Waals surface area contributed by atoms with Gasteiger partial charge in [-0.2, -0.15) is 10.2 Å². The topological polar surface area (TPSA) is 120 Å². The third-order valence-electron chi connectivity index (χ3n) is 5.06. The minimum absolute atomic E-state index is 0.0281. The van der Waals surface area contributed by atoms with Gasteiger partial charge in [-0.3, -0.25) is 4.79 Å². The average Bonchev–Trinajstić information content (AvgIpc) is 3.09. The van der Waals surface area contributed by atoms with Crippen molar-refractivity contribution >= 4 is 29.3 Å². The van der Waals surface area contributed by atoms with E-state index in [4.69, 9.17) is 22.6 Å². The Morgan fingerprint density at radius 3 is 2.73 bits per heavy atom. The molecule has 2 heterocycles. The van der Waals surface area contributed by atoms with Gasteiger partial charge in [-0.1, -0.05) is 11.6 Å². The molecule has 0 bridgehead atoms. The number of nitrogens with zero attached hydrogens (tertiary/aromatic N) is 4. The number of carbonyl (C=O) groups is 1. The van der Waals surface area contributed by atoms with Gasteiger partial charge in [-0.15, -0.1) is 0 Å². The molecule has 1 saturated carbocycles. The number of aromatic nitrogens is 2. The molecule has 0 radical (unpaired) electrons. The zero-order valence-electron chi connectivity index (χ0n) is 14.6. The molecule has 9 heteroatoms. The van der Waals surface area contributed by atoms with Gasteiger partial charge >= 0.3 is 0 Å². The zero-order chi connectivity index (χ0) is 18.5. The maximum absolute atomic E-state index is 12.3. The molecule has 0 spiro atoms. The quantitative estimate of drug-likeness (QED) is 0.665. The van der Waals surface area contributed by atoms with Crippen LogP contribution in [0.5, 0.6) is 0 Å². The zero-order valence-corrected chi connectivity index (χ0v) is 15.4. The van der Waals surface area contributed by atoms with Crippen LogP contribution in [0.15, 0.2) is 6.07 Å². The lowest BCUT2D eigenvalue weighted by molar-refractivity contribution is -0.130. The Kier molecular flexibility index (Phi) is 6.12. The summed E-state index contributed by atoms with van der Waals surface area (Å²) in [5.41, 5.74) is 5.61. The molecular formula is C17H24ClN7O. The van der Waals surface area contributed by atoms with Crippen molar-refractivity contribution in [2.45, 2.75) is 56.7 Å². The smallest absolute Gasteiger partial charge is 0.237 e. The number of nitrogens with one attached hydrogen (secondary N) is 2. The van der Waals surface area contributed by atoms with E-state index < -0.39 is 0 Å². The first-order valence-corrected chi connectivity index (χ1v) is 9.42. The number of hydrogen-bond donors (Lipinski definition) is 3. The van der Waals surface area contributed by atoms with Crippen molar-refractivity contribution in [1.82, 2.24) is 20.2 Å². The summed E-state index contributed by atoms with van der Waals surface area (Å²) in [5.74, 6) is 0.831. The number of nitrogen functional groups attached to an aromatic ring is 1. The molecule has 2 aliphatic rings. The Hall–Kier alpha value is -2.11. The third kappa shape index (κ3) is 4.74. The van der Waals surface area contributed by atoms with Gasteiger partial charge in [0, 0.05) is 24.7 Å². The highest BCUT2D eigenvalue weighted by molar-refractivity contribution is 6.29. The molecule has 140 valence electrons. The molecule has 1 aliphatic heterocycles. The number of nitrogens with two attached hydrogens (primary N) is 1.